The van der Waals surface area contributed by atoms with E-state index in [1.54, 1.807) is 17.8 Å². The Morgan fingerprint density at radius 3 is 2.83 bits per heavy atom. The van der Waals surface area contributed by atoms with E-state index in [4.69, 9.17) is 0 Å². The predicted molar refractivity (Wildman–Crippen MR) is 64.2 cm³/mol. The van der Waals surface area contributed by atoms with Crippen LogP contribution in [0.2, 0.25) is 0 Å². The van der Waals surface area contributed by atoms with Crippen molar-refractivity contribution in [1.29, 1.82) is 0 Å². The highest BCUT2D eigenvalue weighted by atomic mass is 32.2. The minimum absolute atomic E-state index is 0.298. The molecule has 0 saturated carbocycles. The molecule has 0 fully saturated rings. The molecule has 1 heterocycles. The predicted octanol–water partition coefficient (Wildman–Crippen LogP) is -0.0394. The van der Waals surface area contributed by atoms with E-state index in [0.29, 0.717) is 6.54 Å². The molecule has 0 unspecified atom stereocenters. The normalized spacial score (nSPS) is 13.7. The summed E-state index contributed by atoms with van der Waals surface area (Å²) in [7, 11) is -4.43. The summed E-state index contributed by atoms with van der Waals surface area (Å²) in [6.45, 7) is 1.91. The molecule has 2 aromatic rings. The molecule has 1 atom stereocenters. The lowest BCUT2D eigenvalue weighted by Crippen LogP contribution is -2.48. The number of hydrogen-bond donors (Lipinski definition) is 1. The van der Waals surface area contributed by atoms with Crippen LogP contribution in [0.4, 0.5) is 0 Å². The largest absolute Gasteiger partial charge is 0.735 e. The van der Waals surface area contributed by atoms with E-state index in [1.807, 2.05) is 35.1 Å². The Balaban J connectivity index is 2.17. The minimum atomic E-state index is -4.43. The molecule has 0 aliphatic rings. The monoisotopic (exact) mass is 267 g/mol. The van der Waals surface area contributed by atoms with Gasteiger partial charge >= 0.3 is 0 Å². The lowest BCUT2D eigenvalue weighted by Gasteiger charge is -2.12. The second kappa shape index (κ2) is 4.97. The molecule has 96 valence electrons. The van der Waals surface area contributed by atoms with Crippen LogP contribution >= 0.6 is 0 Å². The molecule has 7 heteroatoms. The summed E-state index contributed by atoms with van der Waals surface area (Å²) in [4.78, 5) is 0. The van der Waals surface area contributed by atoms with Gasteiger partial charge in [0.25, 0.3) is 0 Å². The van der Waals surface area contributed by atoms with Gasteiger partial charge in [-0.2, -0.15) is 0 Å². The molecular formula is C11H13N3O3S. The Bertz CT molecular complexity index is 657. The third-order valence-corrected chi connectivity index (χ3v) is 3.10. The van der Waals surface area contributed by atoms with E-state index in [9.17, 15) is 13.0 Å². The summed E-state index contributed by atoms with van der Waals surface area (Å²) in [5, 5.41) is 5.33. The Hall–Kier alpha value is -1.57. The van der Waals surface area contributed by atoms with Gasteiger partial charge in [-0.25, -0.2) is 13.1 Å². The molecule has 6 nitrogen and oxygen atoms in total. The second-order valence-electron chi connectivity index (χ2n) is 4.07. The van der Waals surface area contributed by atoms with Gasteiger partial charge < -0.3 is 4.55 Å². The highest BCUT2D eigenvalue weighted by Crippen LogP contribution is 2.06. The minimum Gasteiger partial charge on any atom is -0.735 e. The van der Waals surface area contributed by atoms with E-state index in [1.165, 1.54) is 0 Å². The number of hydrogen-bond acceptors (Lipinski definition) is 4. The molecule has 0 aliphatic carbocycles. The van der Waals surface area contributed by atoms with Gasteiger partial charge in [-0.3, -0.25) is 0 Å². The number of aromatic nitrogens is 2. The number of fused-ring (bicyclic) bond motifs is 1. The highest BCUT2D eigenvalue weighted by molar-refractivity contribution is 7.83. The molecular weight excluding hydrogens is 254 g/mol. The van der Waals surface area contributed by atoms with Gasteiger partial charge in [-0.05, 0) is 13.0 Å². The van der Waals surface area contributed by atoms with Crippen LogP contribution in [0.5, 0.6) is 0 Å². The zero-order chi connectivity index (χ0) is 13.2. The first-order valence-corrected chi connectivity index (χ1v) is 6.83. The van der Waals surface area contributed by atoms with E-state index >= 15 is 0 Å². The summed E-state index contributed by atoms with van der Waals surface area (Å²) in [6.07, 6.45) is 1.75. The van der Waals surface area contributed by atoms with Crippen molar-refractivity contribution in [3.63, 3.8) is 0 Å². The molecule has 2 rings (SSSR count). The summed E-state index contributed by atoms with van der Waals surface area (Å²) < 4.78 is 35.2. The zero-order valence-electron chi connectivity index (χ0n) is 9.78. The average Bonchev–Trinajstić information content (AvgIpc) is 2.26. The fourth-order valence-corrected chi connectivity index (χ4v) is 2.29. The summed E-state index contributed by atoms with van der Waals surface area (Å²) >= 11 is 0. The first-order chi connectivity index (χ1) is 8.44. The Morgan fingerprint density at radius 1 is 1.39 bits per heavy atom. The van der Waals surface area contributed by atoms with E-state index in [0.717, 1.165) is 10.9 Å². The SMILES string of the molecule is C[C@@H](C[n+]1ccc2ccccc2n1)NS(=O)(=O)[O-]. The smallest absolute Gasteiger partial charge is 0.197 e. The van der Waals surface area contributed by atoms with Crippen molar-refractivity contribution in [2.75, 3.05) is 0 Å². The number of rotatable bonds is 4. The van der Waals surface area contributed by atoms with E-state index < -0.39 is 16.3 Å². The van der Waals surface area contributed by atoms with Crippen LogP contribution in [0, 0.1) is 0 Å². The summed E-state index contributed by atoms with van der Waals surface area (Å²) in [5.74, 6) is 0. The van der Waals surface area contributed by atoms with E-state index in [2.05, 4.69) is 5.10 Å². The zero-order valence-corrected chi connectivity index (χ0v) is 10.6. The lowest BCUT2D eigenvalue weighted by molar-refractivity contribution is -0.753. The van der Waals surface area contributed by atoms with Crippen molar-refractivity contribution in [2.24, 2.45) is 0 Å². The molecule has 0 aliphatic heterocycles. The maximum Gasteiger partial charge on any atom is 0.197 e. The number of nitrogens with zero attached hydrogens (tertiary/aromatic N) is 2. The molecule has 18 heavy (non-hydrogen) atoms. The van der Waals surface area contributed by atoms with Crippen LogP contribution in [0.25, 0.3) is 10.9 Å². The summed E-state index contributed by atoms with van der Waals surface area (Å²) in [6, 6.07) is 8.99. The van der Waals surface area contributed by atoms with Crippen molar-refractivity contribution >= 4 is 21.2 Å². The molecule has 0 amide bonds. The molecule has 1 aromatic heterocycles. The maximum absolute atomic E-state index is 10.5. The van der Waals surface area contributed by atoms with Crippen molar-refractivity contribution in [3.8, 4) is 0 Å². The van der Waals surface area contributed by atoms with Crippen LogP contribution in [-0.2, 0) is 16.8 Å². The van der Waals surface area contributed by atoms with Gasteiger partial charge in [-0.1, -0.05) is 22.9 Å². The van der Waals surface area contributed by atoms with Crippen LogP contribution in [0.15, 0.2) is 36.5 Å². The first kappa shape index (κ1) is 12.9. The number of nitrogens with one attached hydrogen (secondary N) is 1. The van der Waals surface area contributed by atoms with Gasteiger partial charge in [-0.15, -0.1) is 0 Å². The highest BCUT2D eigenvalue weighted by Gasteiger charge is 2.13. The van der Waals surface area contributed by atoms with Gasteiger partial charge in [0, 0.05) is 16.6 Å². The van der Waals surface area contributed by atoms with Crippen LogP contribution in [-0.4, -0.2) is 24.1 Å². The maximum atomic E-state index is 10.5. The van der Waals surface area contributed by atoms with Crippen molar-refractivity contribution in [2.45, 2.75) is 19.5 Å². The quantitative estimate of drug-likeness (QED) is 0.622. The van der Waals surface area contributed by atoms with Crippen LogP contribution < -0.4 is 9.40 Å². The number of benzene rings is 1. The topological polar surface area (TPSA) is 86.0 Å². The standard InChI is InChI=1S/C11H13N3O3S/c1-9(13-18(15,16)17)8-14-7-6-10-4-2-3-5-11(10)12-14/h2-7,9,13H,8H2,1H3/t9-/m0/s1. The van der Waals surface area contributed by atoms with Gasteiger partial charge in [0.05, 0.1) is 6.04 Å². The molecule has 0 spiro atoms. The molecule has 0 radical (unpaired) electrons. The van der Waals surface area contributed by atoms with Gasteiger partial charge in [0.15, 0.2) is 23.0 Å². The van der Waals surface area contributed by atoms with Gasteiger partial charge in [0.1, 0.15) is 5.52 Å². The van der Waals surface area contributed by atoms with Crippen LogP contribution in [0.1, 0.15) is 6.92 Å². The van der Waals surface area contributed by atoms with Gasteiger partial charge in [0.2, 0.25) is 0 Å². The fraction of sp³-hybridized carbons (Fsp3) is 0.273. The fourth-order valence-electron chi connectivity index (χ4n) is 1.72. The molecule has 0 saturated heterocycles. The second-order valence-corrected chi connectivity index (χ2v) is 5.21. The first-order valence-electron chi connectivity index (χ1n) is 5.43. The van der Waals surface area contributed by atoms with Crippen molar-refractivity contribution in [3.05, 3.63) is 36.5 Å². The van der Waals surface area contributed by atoms with Crippen LogP contribution in [0.3, 0.4) is 0 Å². The molecule has 0 bridgehead atoms. The Labute approximate surface area is 105 Å². The Kier molecular flexibility index (Phi) is 3.55. The van der Waals surface area contributed by atoms with Crippen molar-refractivity contribution < 1.29 is 17.7 Å². The third-order valence-electron chi connectivity index (χ3n) is 2.41. The third kappa shape index (κ3) is 3.46. The van der Waals surface area contributed by atoms with Crippen molar-refractivity contribution in [1.82, 2.24) is 9.82 Å². The van der Waals surface area contributed by atoms with E-state index in [-0.39, 0.29) is 0 Å². The molecule has 1 N–H and O–H groups in total. The summed E-state index contributed by atoms with van der Waals surface area (Å²) in [5.41, 5.74) is 0.817. The lowest BCUT2D eigenvalue weighted by atomic mass is 10.2. The molecule has 1 aromatic carbocycles. The average molecular weight is 267 g/mol. The Morgan fingerprint density at radius 2 is 2.11 bits per heavy atom.